The Morgan fingerprint density at radius 2 is 2.06 bits per heavy atom. The maximum atomic E-state index is 12.0. The molecule has 0 bridgehead atoms. The quantitative estimate of drug-likeness (QED) is 0.834. The van der Waals surface area contributed by atoms with Crippen molar-refractivity contribution in [1.29, 1.82) is 0 Å². The SMILES string of the molecule is Cc1cscc1CNC(=O)c1cccc(C)c1N. The topological polar surface area (TPSA) is 55.1 Å². The lowest BCUT2D eigenvalue weighted by Crippen LogP contribution is -2.24. The average molecular weight is 260 g/mol. The van der Waals surface area contributed by atoms with E-state index in [0.717, 1.165) is 11.1 Å². The van der Waals surface area contributed by atoms with Gasteiger partial charge in [0.05, 0.1) is 5.56 Å². The Bertz CT molecular complexity index is 575. The summed E-state index contributed by atoms with van der Waals surface area (Å²) in [6.07, 6.45) is 0. The molecule has 2 rings (SSSR count). The van der Waals surface area contributed by atoms with Crippen molar-refractivity contribution in [2.45, 2.75) is 20.4 Å². The molecular weight excluding hydrogens is 244 g/mol. The van der Waals surface area contributed by atoms with Crippen molar-refractivity contribution < 1.29 is 4.79 Å². The fourth-order valence-corrected chi connectivity index (χ4v) is 2.57. The summed E-state index contributed by atoms with van der Waals surface area (Å²) in [5.41, 5.74) is 10.3. The molecule has 1 heterocycles. The number of thiophene rings is 1. The minimum Gasteiger partial charge on any atom is -0.398 e. The molecule has 0 unspecified atom stereocenters. The van der Waals surface area contributed by atoms with Crippen LogP contribution < -0.4 is 11.1 Å². The highest BCUT2D eigenvalue weighted by Gasteiger charge is 2.10. The molecule has 0 aliphatic carbocycles. The van der Waals surface area contributed by atoms with Gasteiger partial charge in [-0.05, 0) is 47.4 Å². The molecule has 0 saturated carbocycles. The van der Waals surface area contributed by atoms with Crippen LogP contribution in [0.1, 0.15) is 27.0 Å². The maximum absolute atomic E-state index is 12.0. The Labute approximate surface area is 111 Å². The van der Waals surface area contributed by atoms with Gasteiger partial charge >= 0.3 is 0 Å². The molecule has 94 valence electrons. The first-order valence-corrected chi connectivity index (χ1v) is 6.69. The summed E-state index contributed by atoms with van der Waals surface area (Å²) in [5.74, 6) is -0.123. The Kier molecular flexibility index (Phi) is 3.67. The predicted molar refractivity (Wildman–Crippen MR) is 75.8 cm³/mol. The molecule has 1 amide bonds. The molecule has 1 aromatic heterocycles. The van der Waals surface area contributed by atoms with E-state index in [1.807, 2.05) is 26.0 Å². The largest absolute Gasteiger partial charge is 0.398 e. The number of hydrogen-bond donors (Lipinski definition) is 2. The molecule has 18 heavy (non-hydrogen) atoms. The Hall–Kier alpha value is -1.81. The highest BCUT2D eigenvalue weighted by molar-refractivity contribution is 7.08. The molecular formula is C14H16N2OS. The molecule has 0 atom stereocenters. The lowest BCUT2D eigenvalue weighted by atomic mass is 10.1. The number of carbonyl (C=O) groups excluding carboxylic acids is 1. The van der Waals surface area contributed by atoms with E-state index in [4.69, 9.17) is 5.73 Å². The van der Waals surface area contributed by atoms with Gasteiger partial charge in [-0.2, -0.15) is 11.3 Å². The fourth-order valence-electron chi connectivity index (χ4n) is 1.72. The Morgan fingerprint density at radius 1 is 1.28 bits per heavy atom. The number of para-hydroxylation sites is 1. The van der Waals surface area contributed by atoms with E-state index in [0.29, 0.717) is 17.8 Å². The summed E-state index contributed by atoms with van der Waals surface area (Å²) in [6.45, 7) is 4.48. The van der Waals surface area contributed by atoms with Crippen LogP contribution in [0, 0.1) is 13.8 Å². The number of anilines is 1. The summed E-state index contributed by atoms with van der Waals surface area (Å²) >= 11 is 1.64. The van der Waals surface area contributed by atoms with Crippen LogP contribution in [0.25, 0.3) is 0 Å². The predicted octanol–water partition coefficient (Wildman–Crippen LogP) is 2.88. The number of nitrogens with two attached hydrogens (primary N) is 1. The number of nitrogen functional groups attached to an aromatic ring is 1. The van der Waals surface area contributed by atoms with Crippen LogP contribution in [-0.2, 0) is 6.54 Å². The summed E-state index contributed by atoms with van der Waals surface area (Å²) in [6, 6.07) is 5.49. The van der Waals surface area contributed by atoms with Crippen LogP contribution in [-0.4, -0.2) is 5.91 Å². The van der Waals surface area contributed by atoms with Crippen molar-refractivity contribution in [1.82, 2.24) is 5.32 Å². The van der Waals surface area contributed by atoms with E-state index in [2.05, 4.69) is 16.1 Å². The van der Waals surface area contributed by atoms with Gasteiger partial charge in [-0.3, -0.25) is 4.79 Å². The van der Waals surface area contributed by atoms with Crippen LogP contribution in [0.5, 0.6) is 0 Å². The van der Waals surface area contributed by atoms with Gasteiger partial charge in [0.25, 0.3) is 5.91 Å². The van der Waals surface area contributed by atoms with E-state index in [1.165, 1.54) is 5.56 Å². The molecule has 0 fully saturated rings. The number of amides is 1. The smallest absolute Gasteiger partial charge is 0.253 e. The van der Waals surface area contributed by atoms with Gasteiger partial charge in [-0.1, -0.05) is 12.1 Å². The van der Waals surface area contributed by atoms with Crippen LogP contribution in [0.15, 0.2) is 29.0 Å². The average Bonchev–Trinajstić information content (AvgIpc) is 2.75. The van der Waals surface area contributed by atoms with E-state index in [1.54, 1.807) is 17.4 Å². The number of carbonyl (C=O) groups is 1. The molecule has 0 spiro atoms. The van der Waals surface area contributed by atoms with E-state index >= 15 is 0 Å². The molecule has 0 saturated heterocycles. The Morgan fingerprint density at radius 3 is 2.72 bits per heavy atom. The maximum Gasteiger partial charge on any atom is 0.253 e. The van der Waals surface area contributed by atoms with Crippen molar-refractivity contribution in [3.63, 3.8) is 0 Å². The summed E-state index contributed by atoms with van der Waals surface area (Å²) in [7, 11) is 0. The molecule has 3 nitrogen and oxygen atoms in total. The number of nitrogens with one attached hydrogen (secondary N) is 1. The van der Waals surface area contributed by atoms with Crippen molar-refractivity contribution in [3.8, 4) is 0 Å². The van der Waals surface area contributed by atoms with Gasteiger partial charge in [-0.25, -0.2) is 0 Å². The lowest BCUT2D eigenvalue weighted by molar-refractivity contribution is 0.0951. The van der Waals surface area contributed by atoms with Crippen molar-refractivity contribution in [3.05, 3.63) is 51.2 Å². The number of hydrogen-bond acceptors (Lipinski definition) is 3. The molecule has 0 radical (unpaired) electrons. The van der Waals surface area contributed by atoms with Crippen molar-refractivity contribution >= 4 is 22.9 Å². The second kappa shape index (κ2) is 5.23. The van der Waals surface area contributed by atoms with Crippen molar-refractivity contribution in [2.75, 3.05) is 5.73 Å². The molecule has 3 N–H and O–H groups in total. The minimum absolute atomic E-state index is 0.123. The molecule has 1 aromatic carbocycles. The highest BCUT2D eigenvalue weighted by atomic mass is 32.1. The van der Waals surface area contributed by atoms with Crippen molar-refractivity contribution in [2.24, 2.45) is 0 Å². The zero-order valence-corrected chi connectivity index (χ0v) is 11.3. The Balaban J connectivity index is 2.09. The second-order valence-electron chi connectivity index (χ2n) is 4.30. The third-order valence-electron chi connectivity index (χ3n) is 2.97. The number of benzene rings is 1. The second-order valence-corrected chi connectivity index (χ2v) is 5.04. The molecule has 4 heteroatoms. The summed E-state index contributed by atoms with van der Waals surface area (Å²) in [4.78, 5) is 12.0. The first kappa shape index (κ1) is 12.6. The van der Waals surface area contributed by atoms with Gasteiger partial charge in [0.1, 0.15) is 0 Å². The van der Waals surface area contributed by atoms with Gasteiger partial charge in [0.15, 0.2) is 0 Å². The zero-order chi connectivity index (χ0) is 13.1. The van der Waals surface area contributed by atoms with Gasteiger partial charge in [-0.15, -0.1) is 0 Å². The third-order valence-corrected chi connectivity index (χ3v) is 3.88. The van der Waals surface area contributed by atoms with Crippen LogP contribution in [0.4, 0.5) is 5.69 Å². The first-order valence-electron chi connectivity index (χ1n) is 5.74. The molecule has 2 aromatic rings. The lowest BCUT2D eigenvalue weighted by Gasteiger charge is -2.09. The zero-order valence-electron chi connectivity index (χ0n) is 10.5. The highest BCUT2D eigenvalue weighted by Crippen LogP contribution is 2.17. The van der Waals surface area contributed by atoms with Gasteiger partial charge in [0, 0.05) is 12.2 Å². The molecule has 0 aliphatic heterocycles. The standard InChI is InChI=1S/C14H16N2OS/c1-9-4-3-5-12(13(9)15)14(17)16-6-11-8-18-7-10(11)2/h3-5,7-8H,6,15H2,1-2H3,(H,16,17). The van der Waals surface area contributed by atoms with Gasteiger partial charge in [0.2, 0.25) is 0 Å². The number of aryl methyl sites for hydroxylation is 2. The van der Waals surface area contributed by atoms with Crippen LogP contribution in [0.3, 0.4) is 0 Å². The monoisotopic (exact) mass is 260 g/mol. The van der Waals surface area contributed by atoms with E-state index in [9.17, 15) is 4.79 Å². The van der Waals surface area contributed by atoms with Crippen LogP contribution in [0.2, 0.25) is 0 Å². The number of rotatable bonds is 3. The summed E-state index contributed by atoms with van der Waals surface area (Å²) < 4.78 is 0. The fraction of sp³-hybridized carbons (Fsp3) is 0.214. The first-order chi connectivity index (χ1) is 8.59. The third kappa shape index (κ3) is 2.54. The van der Waals surface area contributed by atoms with E-state index in [-0.39, 0.29) is 5.91 Å². The normalized spacial score (nSPS) is 10.3. The van der Waals surface area contributed by atoms with E-state index < -0.39 is 0 Å². The molecule has 0 aliphatic rings. The van der Waals surface area contributed by atoms with Gasteiger partial charge < -0.3 is 11.1 Å². The minimum atomic E-state index is -0.123. The van der Waals surface area contributed by atoms with Crippen LogP contribution >= 0.6 is 11.3 Å². The summed E-state index contributed by atoms with van der Waals surface area (Å²) in [5, 5.41) is 7.02.